The first-order chi connectivity index (χ1) is 22.9. The molecule has 0 aliphatic rings. The molecular formula is C33H44F3NO10. The number of hydrogen-bond acceptors (Lipinski definition) is 11. The first-order valence-electron chi connectivity index (χ1n) is 15.2. The number of alkyl halides is 3. The van der Waals surface area contributed by atoms with Crippen LogP contribution in [0.4, 0.5) is 24.5 Å². The van der Waals surface area contributed by atoms with Crippen LogP contribution in [0.25, 0.3) is 0 Å². The van der Waals surface area contributed by atoms with Gasteiger partial charge in [0.05, 0.1) is 116 Å². The van der Waals surface area contributed by atoms with Crippen molar-refractivity contribution in [2.24, 2.45) is 0 Å². The summed E-state index contributed by atoms with van der Waals surface area (Å²) in [6.07, 6.45) is 0.596. The second-order valence-corrected chi connectivity index (χ2v) is 9.43. The molecule has 0 aliphatic heterocycles. The number of benzene rings is 2. The molecule has 0 saturated carbocycles. The van der Waals surface area contributed by atoms with Crippen LogP contribution in [0.15, 0.2) is 48.5 Å². The van der Waals surface area contributed by atoms with Crippen molar-refractivity contribution in [3.63, 3.8) is 0 Å². The van der Waals surface area contributed by atoms with Crippen molar-refractivity contribution >= 4 is 17.3 Å². The summed E-state index contributed by atoms with van der Waals surface area (Å²) in [4.78, 5) is 12.6. The SMILES string of the molecule is C#CCOCCOCCOCCOCCOCCOCCOCCOCCOC(=O)c1ccccc1Nc1cccc(C(F)(F)F)c1. The van der Waals surface area contributed by atoms with Crippen LogP contribution in [-0.2, 0) is 48.8 Å². The molecule has 1 N–H and O–H groups in total. The fraction of sp³-hybridized carbons (Fsp3) is 0.545. The molecule has 0 unspecified atom stereocenters. The van der Waals surface area contributed by atoms with Crippen molar-refractivity contribution in [2.45, 2.75) is 6.18 Å². The van der Waals surface area contributed by atoms with Gasteiger partial charge >= 0.3 is 12.1 Å². The number of halogens is 3. The van der Waals surface area contributed by atoms with E-state index in [1.165, 1.54) is 18.2 Å². The average molecular weight is 672 g/mol. The van der Waals surface area contributed by atoms with Crippen molar-refractivity contribution in [1.82, 2.24) is 0 Å². The summed E-state index contributed by atoms with van der Waals surface area (Å²) in [6, 6.07) is 11.1. The van der Waals surface area contributed by atoms with Crippen LogP contribution in [0.5, 0.6) is 0 Å². The predicted octanol–water partition coefficient (Wildman–Crippen LogP) is 4.37. The number of carbonyl (C=O) groups excluding carboxylic acids is 1. The minimum Gasteiger partial charge on any atom is -0.460 e. The average Bonchev–Trinajstić information content (AvgIpc) is 3.06. The van der Waals surface area contributed by atoms with Gasteiger partial charge in [0.25, 0.3) is 0 Å². The summed E-state index contributed by atoms with van der Waals surface area (Å²) in [5.41, 5.74) is -0.0899. The maximum atomic E-state index is 13.0. The van der Waals surface area contributed by atoms with Gasteiger partial charge in [0.1, 0.15) is 13.2 Å². The van der Waals surface area contributed by atoms with E-state index in [1.807, 2.05) is 0 Å². The lowest BCUT2D eigenvalue weighted by Gasteiger charge is -2.13. The number of ether oxygens (including phenoxy) is 9. The minimum atomic E-state index is -4.48. The summed E-state index contributed by atoms with van der Waals surface area (Å²) in [7, 11) is 0. The van der Waals surface area contributed by atoms with Crippen LogP contribution in [-0.4, -0.2) is 118 Å². The molecule has 2 rings (SSSR count). The van der Waals surface area contributed by atoms with Gasteiger partial charge in [-0.15, -0.1) is 6.42 Å². The van der Waals surface area contributed by atoms with Crippen LogP contribution < -0.4 is 5.32 Å². The lowest BCUT2D eigenvalue weighted by Crippen LogP contribution is -2.16. The molecule has 0 amide bonds. The Kier molecular flexibility index (Phi) is 21.9. The Morgan fingerprint density at radius 1 is 0.617 bits per heavy atom. The molecule has 0 heterocycles. The van der Waals surface area contributed by atoms with Crippen molar-refractivity contribution < 1.29 is 60.6 Å². The second kappa shape index (κ2) is 25.8. The highest BCUT2D eigenvalue weighted by molar-refractivity contribution is 5.96. The first-order valence-corrected chi connectivity index (χ1v) is 15.2. The maximum Gasteiger partial charge on any atom is 0.416 e. The van der Waals surface area contributed by atoms with E-state index < -0.39 is 17.7 Å². The van der Waals surface area contributed by atoms with Gasteiger partial charge in [-0.3, -0.25) is 0 Å². The molecule has 0 spiro atoms. The van der Waals surface area contributed by atoms with E-state index in [9.17, 15) is 18.0 Å². The molecule has 0 atom stereocenters. The van der Waals surface area contributed by atoms with E-state index in [0.717, 1.165) is 12.1 Å². The van der Waals surface area contributed by atoms with Gasteiger partial charge in [0.15, 0.2) is 0 Å². The van der Waals surface area contributed by atoms with Crippen LogP contribution in [0.1, 0.15) is 15.9 Å². The number of rotatable bonds is 28. The topological polar surface area (TPSA) is 112 Å². The van der Waals surface area contributed by atoms with E-state index in [2.05, 4.69) is 11.2 Å². The molecule has 0 aliphatic carbocycles. The molecule has 0 aromatic heterocycles. The largest absolute Gasteiger partial charge is 0.460 e. The number of para-hydroxylation sites is 1. The zero-order valence-electron chi connectivity index (χ0n) is 26.4. The summed E-state index contributed by atoms with van der Waals surface area (Å²) in [5, 5.41) is 2.85. The molecule has 47 heavy (non-hydrogen) atoms. The van der Waals surface area contributed by atoms with Gasteiger partial charge in [0.2, 0.25) is 0 Å². The van der Waals surface area contributed by atoms with Crippen LogP contribution >= 0.6 is 0 Å². The van der Waals surface area contributed by atoms with Gasteiger partial charge < -0.3 is 47.9 Å². The third-order valence-corrected chi connectivity index (χ3v) is 5.87. The Hall–Kier alpha value is -3.26. The Labute approximate surface area is 273 Å². The van der Waals surface area contributed by atoms with Gasteiger partial charge in [-0.25, -0.2) is 4.79 Å². The molecule has 11 nitrogen and oxygen atoms in total. The molecule has 262 valence electrons. The van der Waals surface area contributed by atoms with E-state index in [-0.39, 0.29) is 31.1 Å². The van der Waals surface area contributed by atoms with Crippen molar-refractivity contribution in [3.05, 3.63) is 59.7 Å². The molecule has 0 bridgehead atoms. The highest BCUT2D eigenvalue weighted by Gasteiger charge is 2.30. The second-order valence-electron chi connectivity index (χ2n) is 9.43. The minimum absolute atomic E-state index is 0.000361. The Balaban J connectivity index is 1.37. The molecular weight excluding hydrogens is 627 g/mol. The maximum absolute atomic E-state index is 13.0. The quantitative estimate of drug-likeness (QED) is 0.0791. The fourth-order valence-corrected chi connectivity index (χ4v) is 3.64. The van der Waals surface area contributed by atoms with Crippen LogP contribution in [0, 0.1) is 12.3 Å². The van der Waals surface area contributed by atoms with Crippen molar-refractivity contribution in [3.8, 4) is 12.3 Å². The number of carbonyl (C=O) groups is 1. The van der Waals surface area contributed by atoms with Gasteiger partial charge in [0, 0.05) is 5.69 Å². The third-order valence-electron chi connectivity index (χ3n) is 5.87. The molecule has 14 heteroatoms. The number of hydrogen-bond donors (Lipinski definition) is 1. The van der Waals surface area contributed by atoms with Gasteiger partial charge in [-0.1, -0.05) is 24.1 Å². The summed E-state index contributed by atoms with van der Waals surface area (Å²) in [6.45, 7) is 6.53. The molecule has 0 saturated heterocycles. The zero-order chi connectivity index (χ0) is 33.8. The monoisotopic (exact) mass is 671 g/mol. The summed E-state index contributed by atoms with van der Waals surface area (Å²) < 4.78 is 87.3. The van der Waals surface area contributed by atoms with Crippen LogP contribution in [0.3, 0.4) is 0 Å². The van der Waals surface area contributed by atoms with E-state index in [4.69, 9.17) is 49.1 Å². The predicted molar refractivity (Wildman–Crippen MR) is 167 cm³/mol. The Morgan fingerprint density at radius 3 is 1.53 bits per heavy atom. The molecule has 0 fully saturated rings. The zero-order valence-corrected chi connectivity index (χ0v) is 26.4. The van der Waals surface area contributed by atoms with Gasteiger partial charge in [-0.05, 0) is 30.3 Å². The van der Waals surface area contributed by atoms with E-state index in [1.54, 1.807) is 18.2 Å². The highest BCUT2D eigenvalue weighted by atomic mass is 19.4. The lowest BCUT2D eigenvalue weighted by atomic mass is 10.1. The Bertz CT molecular complexity index is 1150. The Morgan fingerprint density at radius 2 is 1.06 bits per heavy atom. The fourth-order valence-electron chi connectivity index (χ4n) is 3.64. The lowest BCUT2D eigenvalue weighted by molar-refractivity contribution is -0.137. The first kappa shape index (κ1) is 39.9. The third kappa shape index (κ3) is 19.9. The highest BCUT2D eigenvalue weighted by Crippen LogP contribution is 2.32. The smallest absolute Gasteiger partial charge is 0.416 e. The van der Waals surface area contributed by atoms with E-state index >= 15 is 0 Å². The van der Waals surface area contributed by atoms with Crippen molar-refractivity contribution in [1.29, 1.82) is 0 Å². The summed E-state index contributed by atoms with van der Waals surface area (Å²) in [5.74, 6) is 1.75. The van der Waals surface area contributed by atoms with E-state index in [0.29, 0.717) is 98.2 Å². The molecule has 0 radical (unpaired) electrons. The van der Waals surface area contributed by atoms with Crippen molar-refractivity contribution in [2.75, 3.05) is 118 Å². The molecule has 2 aromatic carbocycles. The number of anilines is 2. The number of esters is 1. The standard InChI is InChI=1S/C33H44F3NO10/c1-2-10-39-11-12-40-13-14-41-15-16-42-17-18-43-19-20-44-21-22-45-23-24-46-25-26-47-32(38)30-8-3-4-9-31(30)37-29-7-5-6-28(27-29)33(34,35)36/h1,3-9,27,37H,10-26H2. The van der Waals surface area contributed by atoms with Crippen LogP contribution in [0.2, 0.25) is 0 Å². The molecule has 2 aromatic rings. The van der Waals surface area contributed by atoms with Gasteiger partial charge in [-0.2, -0.15) is 13.2 Å². The number of terminal acetylenes is 1. The summed E-state index contributed by atoms with van der Waals surface area (Å²) >= 11 is 0. The number of nitrogens with one attached hydrogen (secondary N) is 1. The normalized spacial score (nSPS) is 11.4.